The fourth-order valence-electron chi connectivity index (χ4n) is 1.46. The van der Waals surface area contributed by atoms with Crippen LogP contribution >= 0.6 is 0 Å². The summed E-state index contributed by atoms with van der Waals surface area (Å²) >= 11 is 0. The van der Waals surface area contributed by atoms with Crippen LogP contribution in [-0.2, 0) is 4.84 Å². The maximum atomic E-state index is 4.87. The number of hydrogen-bond acceptors (Lipinski definition) is 3. The lowest BCUT2D eigenvalue weighted by Crippen LogP contribution is -2.03. The fourth-order valence-corrected chi connectivity index (χ4v) is 1.46. The molecule has 0 aliphatic carbocycles. The van der Waals surface area contributed by atoms with Crippen LogP contribution in [0.1, 0.15) is 11.1 Å². The molecular weight excluding hydrogens is 200 g/mol. The molecule has 3 nitrogen and oxygen atoms in total. The Morgan fingerprint density at radius 1 is 1.06 bits per heavy atom. The maximum absolute atomic E-state index is 4.87. The molecule has 0 saturated heterocycles. The SMILES string of the molecule is CO/N=C(/c1ccccc1)c1cccnc1. The lowest BCUT2D eigenvalue weighted by Gasteiger charge is -2.04. The number of oxime groups is 1. The average molecular weight is 212 g/mol. The van der Waals surface area contributed by atoms with E-state index in [0.29, 0.717) is 0 Å². The van der Waals surface area contributed by atoms with Crippen molar-refractivity contribution in [2.24, 2.45) is 5.16 Å². The number of hydrogen-bond donors (Lipinski definition) is 0. The van der Waals surface area contributed by atoms with Crippen LogP contribution in [0.2, 0.25) is 0 Å². The van der Waals surface area contributed by atoms with E-state index < -0.39 is 0 Å². The van der Waals surface area contributed by atoms with E-state index in [0.717, 1.165) is 16.8 Å². The van der Waals surface area contributed by atoms with Gasteiger partial charge in [-0.3, -0.25) is 4.98 Å². The second-order valence-corrected chi connectivity index (χ2v) is 3.23. The highest BCUT2D eigenvalue weighted by atomic mass is 16.6. The Morgan fingerprint density at radius 3 is 2.44 bits per heavy atom. The normalized spacial score (nSPS) is 11.2. The average Bonchev–Trinajstić information content (AvgIpc) is 2.38. The zero-order chi connectivity index (χ0) is 11.2. The van der Waals surface area contributed by atoms with Gasteiger partial charge in [0.05, 0.1) is 0 Å². The lowest BCUT2D eigenvalue weighted by atomic mass is 10.0. The third kappa shape index (κ3) is 2.25. The zero-order valence-electron chi connectivity index (χ0n) is 9.00. The van der Waals surface area contributed by atoms with E-state index in [2.05, 4.69) is 10.1 Å². The minimum absolute atomic E-state index is 0.788. The molecule has 0 amide bonds. The van der Waals surface area contributed by atoms with Crippen LogP contribution in [-0.4, -0.2) is 17.8 Å². The molecule has 0 aliphatic rings. The molecule has 1 aromatic carbocycles. The first kappa shape index (κ1) is 10.4. The van der Waals surface area contributed by atoms with E-state index in [1.807, 2.05) is 42.5 Å². The Labute approximate surface area is 94.4 Å². The fraction of sp³-hybridized carbons (Fsp3) is 0.0769. The molecule has 1 aromatic heterocycles. The molecule has 80 valence electrons. The van der Waals surface area contributed by atoms with Crippen LogP contribution in [0, 0.1) is 0 Å². The minimum atomic E-state index is 0.788. The van der Waals surface area contributed by atoms with Gasteiger partial charge in [-0.2, -0.15) is 0 Å². The van der Waals surface area contributed by atoms with Gasteiger partial charge >= 0.3 is 0 Å². The van der Waals surface area contributed by atoms with Crippen LogP contribution in [0.15, 0.2) is 60.0 Å². The van der Waals surface area contributed by atoms with Crippen molar-refractivity contribution in [3.63, 3.8) is 0 Å². The van der Waals surface area contributed by atoms with Gasteiger partial charge in [0.2, 0.25) is 0 Å². The molecule has 0 aliphatic heterocycles. The summed E-state index contributed by atoms with van der Waals surface area (Å²) in [5, 5.41) is 4.04. The van der Waals surface area contributed by atoms with E-state index in [9.17, 15) is 0 Å². The number of pyridine rings is 1. The molecule has 0 spiro atoms. The first-order chi connectivity index (χ1) is 7.92. The van der Waals surface area contributed by atoms with Gasteiger partial charge in [0.1, 0.15) is 12.8 Å². The molecule has 1 heterocycles. The molecule has 0 N–H and O–H groups in total. The van der Waals surface area contributed by atoms with Crippen molar-refractivity contribution in [1.29, 1.82) is 0 Å². The van der Waals surface area contributed by atoms with Crippen LogP contribution < -0.4 is 0 Å². The van der Waals surface area contributed by atoms with Crippen molar-refractivity contribution in [2.45, 2.75) is 0 Å². The number of benzene rings is 1. The Morgan fingerprint density at radius 2 is 1.81 bits per heavy atom. The van der Waals surface area contributed by atoms with E-state index in [-0.39, 0.29) is 0 Å². The summed E-state index contributed by atoms with van der Waals surface area (Å²) in [5.74, 6) is 0. The van der Waals surface area contributed by atoms with Crippen LogP contribution in [0.4, 0.5) is 0 Å². The molecule has 0 bridgehead atoms. The van der Waals surface area contributed by atoms with Gasteiger partial charge in [0, 0.05) is 23.5 Å². The number of aromatic nitrogens is 1. The standard InChI is InChI=1S/C13H12N2O/c1-16-15-13(11-6-3-2-4-7-11)12-8-5-9-14-10-12/h2-10H,1H3/b15-13-. The molecular formula is C13H12N2O. The molecule has 0 saturated carbocycles. The molecule has 2 aromatic rings. The van der Waals surface area contributed by atoms with Crippen LogP contribution in [0.5, 0.6) is 0 Å². The summed E-state index contributed by atoms with van der Waals surface area (Å²) in [6.45, 7) is 0. The van der Waals surface area contributed by atoms with Crippen molar-refractivity contribution in [3.8, 4) is 0 Å². The Balaban J connectivity index is 2.44. The highest BCUT2D eigenvalue weighted by molar-refractivity contribution is 6.12. The highest BCUT2D eigenvalue weighted by Gasteiger charge is 2.06. The Kier molecular flexibility index (Phi) is 3.28. The third-order valence-electron chi connectivity index (χ3n) is 2.16. The van der Waals surface area contributed by atoms with Crippen LogP contribution in [0.25, 0.3) is 0 Å². The monoisotopic (exact) mass is 212 g/mol. The van der Waals surface area contributed by atoms with Gasteiger partial charge in [-0.1, -0.05) is 35.5 Å². The maximum Gasteiger partial charge on any atom is 0.118 e. The van der Waals surface area contributed by atoms with E-state index in [1.54, 1.807) is 19.5 Å². The molecule has 0 radical (unpaired) electrons. The molecule has 0 fully saturated rings. The minimum Gasteiger partial charge on any atom is -0.399 e. The van der Waals surface area contributed by atoms with Gasteiger partial charge in [-0.15, -0.1) is 0 Å². The van der Waals surface area contributed by atoms with Crippen molar-refractivity contribution in [1.82, 2.24) is 4.98 Å². The quantitative estimate of drug-likeness (QED) is 0.578. The summed E-state index contributed by atoms with van der Waals surface area (Å²) in [6.07, 6.45) is 3.50. The summed E-state index contributed by atoms with van der Waals surface area (Å²) in [4.78, 5) is 8.95. The smallest absolute Gasteiger partial charge is 0.118 e. The third-order valence-corrected chi connectivity index (χ3v) is 2.16. The van der Waals surface area contributed by atoms with Gasteiger partial charge < -0.3 is 4.84 Å². The van der Waals surface area contributed by atoms with Gasteiger partial charge in [0.25, 0.3) is 0 Å². The summed E-state index contributed by atoms with van der Waals surface area (Å²) in [7, 11) is 1.54. The van der Waals surface area contributed by atoms with E-state index >= 15 is 0 Å². The molecule has 0 atom stereocenters. The van der Waals surface area contributed by atoms with Crippen molar-refractivity contribution < 1.29 is 4.84 Å². The zero-order valence-corrected chi connectivity index (χ0v) is 9.00. The second kappa shape index (κ2) is 5.07. The van der Waals surface area contributed by atoms with Gasteiger partial charge in [-0.05, 0) is 12.1 Å². The summed E-state index contributed by atoms with van der Waals surface area (Å²) in [5.41, 5.74) is 2.74. The largest absolute Gasteiger partial charge is 0.399 e. The van der Waals surface area contributed by atoms with Crippen molar-refractivity contribution >= 4 is 5.71 Å². The first-order valence-corrected chi connectivity index (χ1v) is 4.99. The molecule has 0 unspecified atom stereocenters. The topological polar surface area (TPSA) is 34.5 Å². The second-order valence-electron chi connectivity index (χ2n) is 3.23. The van der Waals surface area contributed by atoms with Crippen LogP contribution in [0.3, 0.4) is 0 Å². The van der Waals surface area contributed by atoms with Gasteiger partial charge in [-0.25, -0.2) is 0 Å². The molecule has 16 heavy (non-hydrogen) atoms. The first-order valence-electron chi connectivity index (χ1n) is 4.99. The van der Waals surface area contributed by atoms with Gasteiger partial charge in [0.15, 0.2) is 0 Å². The predicted molar refractivity (Wildman–Crippen MR) is 63.3 cm³/mol. The van der Waals surface area contributed by atoms with E-state index in [4.69, 9.17) is 4.84 Å². The van der Waals surface area contributed by atoms with Crippen molar-refractivity contribution in [3.05, 3.63) is 66.0 Å². The lowest BCUT2D eigenvalue weighted by molar-refractivity contribution is 0.214. The Bertz CT molecular complexity index is 424. The molecule has 3 heteroatoms. The number of nitrogens with zero attached hydrogens (tertiary/aromatic N) is 2. The van der Waals surface area contributed by atoms with E-state index in [1.165, 1.54) is 0 Å². The van der Waals surface area contributed by atoms with Crippen molar-refractivity contribution in [2.75, 3.05) is 7.11 Å². The number of rotatable bonds is 3. The molecule has 2 rings (SSSR count). The predicted octanol–water partition coefficient (Wildman–Crippen LogP) is 2.48. The summed E-state index contributed by atoms with van der Waals surface area (Å²) < 4.78 is 0. The summed E-state index contributed by atoms with van der Waals surface area (Å²) in [6, 6.07) is 13.7. The highest BCUT2D eigenvalue weighted by Crippen LogP contribution is 2.09. The Hall–Kier alpha value is -2.16.